The van der Waals surface area contributed by atoms with Gasteiger partial charge in [0.2, 0.25) is 13.4 Å². The molecule has 0 aliphatic carbocycles. The molecule has 4 heteroatoms. The summed E-state index contributed by atoms with van der Waals surface area (Å²) >= 11 is 0. The number of hydrogen-bond donors (Lipinski definition) is 0. The Labute approximate surface area is 66.6 Å². The summed E-state index contributed by atoms with van der Waals surface area (Å²) in [5, 5.41) is 0. The van der Waals surface area contributed by atoms with Gasteiger partial charge in [-0.05, 0) is 12.2 Å². The molecule has 0 aromatic rings. The molecule has 0 aromatic heterocycles. The summed E-state index contributed by atoms with van der Waals surface area (Å²) in [5.41, 5.74) is 0. The molecule has 0 spiro atoms. The Morgan fingerprint density at radius 2 is 2.36 bits per heavy atom. The van der Waals surface area contributed by atoms with Crippen LogP contribution in [0.3, 0.4) is 0 Å². The molecule has 0 saturated carbocycles. The maximum atomic E-state index is 11.4. The molecule has 0 rings (SSSR count). The molecule has 0 heterocycles. The van der Waals surface area contributed by atoms with Crippen molar-refractivity contribution in [3.8, 4) is 0 Å². The van der Waals surface area contributed by atoms with Crippen molar-refractivity contribution in [1.29, 1.82) is 0 Å². The van der Waals surface area contributed by atoms with Gasteiger partial charge < -0.3 is 0 Å². The first-order valence-corrected chi connectivity index (χ1v) is 5.41. The molecular weight excluding hydrogens is 161 g/mol. The van der Waals surface area contributed by atoms with Crippen LogP contribution in [0.2, 0.25) is 0 Å². The molecule has 1 unspecified atom stereocenters. The fourth-order valence-electron chi connectivity index (χ4n) is 0.636. The molecule has 0 fully saturated rings. The second-order valence-electron chi connectivity index (χ2n) is 2.21. The van der Waals surface area contributed by atoms with E-state index < -0.39 is 7.29 Å². The quantitative estimate of drug-likeness (QED) is 0.364. The lowest BCUT2D eigenvalue weighted by Gasteiger charge is -2.03. The van der Waals surface area contributed by atoms with Crippen LogP contribution in [0.5, 0.6) is 0 Å². The molecule has 0 aromatic carbocycles. The van der Waals surface area contributed by atoms with Crippen LogP contribution in [0.1, 0.15) is 19.8 Å². The van der Waals surface area contributed by atoms with Crippen molar-refractivity contribution in [2.75, 3.05) is 6.16 Å². The van der Waals surface area contributed by atoms with E-state index in [0.717, 1.165) is 12.8 Å². The summed E-state index contributed by atoms with van der Waals surface area (Å²) in [7, 11) is -2.75. The highest BCUT2D eigenvalue weighted by molar-refractivity contribution is 7.65. The fraction of sp³-hybridized carbons (Fsp3) is 0.571. The number of carbonyl (C=O) groups excluding carboxylic acids is 1. The lowest BCUT2D eigenvalue weighted by Crippen LogP contribution is -1.82. The third-order valence-corrected chi connectivity index (χ3v) is 3.28. The van der Waals surface area contributed by atoms with Gasteiger partial charge in [0.15, 0.2) is 0 Å². The van der Waals surface area contributed by atoms with Gasteiger partial charge in [-0.15, -0.1) is 4.76 Å². The van der Waals surface area contributed by atoms with Crippen molar-refractivity contribution in [2.45, 2.75) is 19.8 Å². The fourth-order valence-corrected chi connectivity index (χ4v) is 1.91. The molecule has 0 bridgehead atoms. The van der Waals surface area contributed by atoms with E-state index in [9.17, 15) is 9.36 Å². The summed E-state index contributed by atoms with van der Waals surface area (Å²) in [6, 6.07) is 0. The third kappa shape index (κ3) is 3.92. The maximum Gasteiger partial charge on any atom is 0.242 e. The van der Waals surface area contributed by atoms with Crippen molar-refractivity contribution in [2.24, 2.45) is 4.76 Å². The van der Waals surface area contributed by atoms with Crippen molar-refractivity contribution in [1.82, 2.24) is 0 Å². The Bertz CT molecular complexity index is 218. The largest absolute Gasteiger partial charge is 0.293 e. The normalized spacial score (nSPS) is 14.6. The molecule has 0 amide bonds. The lowest BCUT2D eigenvalue weighted by molar-refractivity contribution is 0.562. The summed E-state index contributed by atoms with van der Waals surface area (Å²) in [6.07, 6.45) is 3.48. The molecule has 0 radical (unpaired) electrons. The van der Waals surface area contributed by atoms with E-state index >= 15 is 0 Å². The SMILES string of the molecule is C=CP(=O)(CCCC)N=C=O. The van der Waals surface area contributed by atoms with E-state index in [0.29, 0.717) is 6.16 Å². The van der Waals surface area contributed by atoms with Gasteiger partial charge in [0, 0.05) is 6.16 Å². The highest BCUT2D eigenvalue weighted by Gasteiger charge is 2.14. The van der Waals surface area contributed by atoms with Gasteiger partial charge in [0.1, 0.15) is 0 Å². The first-order valence-electron chi connectivity index (χ1n) is 3.50. The van der Waals surface area contributed by atoms with Crippen LogP contribution in [0.4, 0.5) is 0 Å². The second kappa shape index (κ2) is 5.06. The minimum absolute atomic E-state index is 0.433. The number of hydrogen-bond acceptors (Lipinski definition) is 2. The van der Waals surface area contributed by atoms with Crippen molar-refractivity contribution >= 4 is 13.4 Å². The summed E-state index contributed by atoms with van der Waals surface area (Å²) in [6.45, 7) is 5.35. The monoisotopic (exact) mass is 173 g/mol. The van der Waals surface area contributed by atoms with E-state index in [1.165, 1.54) is 11.9 Å². The van der Waals surface area contributed by atoms with Crippen molar-refractivity contribution < 1.29 is 9.36 Å². The predicted octanol–water partition coefficient (Wildman–Crippen LogP) is 2.54. The zero-order valence-corrected chi connectivity index (χ0v) is 7.51. The Morgan fingerprint density at radius 1 is 1.73 bits per heavy atom. The Morgan fingerprint density at radius 3 is 2.73 bits per heavy atom. The van der Waals surface area contributed by atoms with E-state index in [-0.39, 0.29) is 0 Å². The van der Waals surface area contributed by atoms with Crippen LogP contribution in [-0.4, -0.2) is 12.2 Å². The van der Waals surface area contributed by atoms with Crippen molar-refractivity contribution in [3.63, 3.8) is 0 Å². The van der Waals surface area contributed by atoms with Crippen LogP contribution < -0.4 is 0 Å². The number of isocyanates is 1. The number of nitrogens with zero attached hydrogens (tertiary/aromatic N) is 1. The molecule has 1 atom stereocenters. The predicted molar refractivity (Wildman–Crippen MR) is 45.7 cm³/mol. The first kappa shape index (κ1) is 10.3. The Balaban J connectivity index is 4.23. The third-order valence-electron chi connectivity index (χ3n) is 1.33. The van der Waals surface area contributed by atoms with Gasteiger partial charge in [-0.25, -0.2) is 4.79 Å². The minimum Gasteiger partial charge on any atom is -0.293 e. The maximum absolute atomic E-state index is 11.4. The van der Waals surface area contributed by atoms with E-state index in [1.54, 1.807) is 0 Å². The molecule has 0 aliphatic rings. The van der Waals surface area contributed by atoms with Crippen LogP contribution in [-0.2, 0) is 9.36 Å². The van der Waals surface area contributed by atoms with E-state index in [4.69, 9.17) is 0 Å². The van der Waals surface area contributed by atoms with Gasteiger partial charge >= 0.3 is 0 Å². The van der Waals surface area contributed by atoms with Gasteiger partial charge in [0.25, 0.3) is 0 Å². The first-order chi connectivity index (χ1) is 5.18. The minimum atomic E-state index is -2.75. The molecule has 62 valence electrons. The standard InChI is InChI=1S/C7H12NO2P/c1-3-5-6-11(10,4-2)8-7-9/h4H,2-3,5-6H2,1H3. The average molecular weight is 173 g/mol. The van der Waals surface area contributed by atoms with Gasteiger partial charge in [-0.2, -0.15) is 0 Å². The van der Waals surface area contributed by atoms with E-state index in [2.05, 4.69) is 11.3 Å². The molecule has 0 saturated heterocycles. The van der Waals surface area contributed by atoms with Crippen LogP contribution in [0.15, 0.2) is 17.2 Å². The highest BCUT2D eigenvalue weighted by atomic mass is 31.2. The molecule has 0 N–H and O–H groups in total. The average Bonchev–Trinajstić information content (AvgIpc) is 2.02. The zero-order chi connectivity index (χ0) is 8.74. The zero-order valence-electron chi connectivity index (χ0n) is 6.62. The molecule has 0 aliphatic heterocycles. The Hall–Kier alpha value is -0.650. The second-order valence-corrected chi connectivity index (χ2v) is 4.73. The smallest absolute Gasteiger partial charge is 0.242 e. The number of unbranched alkanes of at least 4 members (excludes halogenated alkanes) is 1. The van der Waals surface area contributed by atoms with Gasteiger partial charge in [0.05, 0.1) is 0 Å². The van der Waals surface area contributed by atoms with Crippen molar-refractivity contribution in [3.05, 3.63) is 12.4 Å². The van der Waals surface area contributed by atoms with Gasteiger partial charge in [-0.3, -0.25) is 4.57 Å². The van der Waals surface area contributed by atoms with Crippen LogP contribution in [0.25, 0.3) is 0 Å². The summed E-state index contributed by atoms with van der Waals surface area (Å²) in [4.78, 5) is 9.83. The highest BCUT2D eigenvalue weighted by Crippen LogP contribution is 2.48. The van der Waals surface area contributed by atoms with E-state index in [1.807, 2.05) is 6.92 Å². The lowest BCUT2D eigenvalue weighted by atomic mass is 10.4. The molecule has 3 nitrogen and oxygen atoms in total. The topological polar surface area (TPSA) is 46.5 Å². The van der Waals surface area contributed by atoms with Crippen LogP contribution >= 0.6 is 7.29 Å². The summed E-state index contributed by atoms with van der Waals surface area (Å²) in [5.74, 6) is 1.26. The Kier molecular flexibility index (Phi) is 4.76. The molecule has 11 heavy (non-hydrogen) atoms. The van der Waals surface area contributed by atoms with Crippen LogP contribution in [0, 0.1) is 0 Å². The summed E-state index contributed by atoms with van der Waals surface area (Å²) < 4.78 is 14.6. The van der Waals surface area contributed by atoms with Gasteiger partial charge in [-0.1, -0.05) is 19.9 Å². The number of rotatable bonds is 5. The molecular formula is C7H12NO2P.